The van der Waals surface area contributed by atoms with Crippen LogP contribution in [0.4, 0.5) is 0 Å². The second kappa shape index (κ2) is 9.79. The van der Waals surface area contributed by atoms with Crippen LogP contribution in [0.1, 0.15) is 64.0 Å². The third-order valence-electron chi connectivity index (χ3n) is 3.30. The van der Waals surface area contributed by atoms with E-state index in [0.717, 1.165) is 6.54 Å². The molecule has 18 heavy (non-hydrogen) atoms. The van der Waals surface area contributed by atoms with Gasteiger partial charge < -0.3 is 5.32 Å². The van der Waals surface area contributed by atoms with Crippen LogP contribution in [0, 0.1) is 3.57 Å². The Balaban J connectivity index is 2.44. The molecule has 0 bridgehead atoms. The smallest absolute Gasteiger partial charge is 0.0320 e. The summed E-state index contributed by atoms with van der Waals surface area (Å²) in [6.45, 7) is 5.51. The van der Waals surface area contributed by atoms with Crippen molar-refractivity contribution >= 4 is 22.6 Å². The number of benzene rings is 1. The van der Waals surface area contributed by atoms with E-state index in [1.165, 1.54) is 47.7 Å². The Hall–Kier alpha value is -0.0900. The second-order valence-corrected chi connectivity index (χ2v) is 6.11. The van der Waals surface area contributed by atoms with Gasteiger partial charge in [0, 0.05) is 9.61 Å². The van der Waals surface area contributed by atoms with Gasteiger partial charge in [0.25, 0.3) is 0 Å². The minimum atomic E-state index is 0.534. The monoisotopic (exact) mass is 359 g/mol. The highest BCUT2D eigenvalue weighted by molar-refractivity contribution is 14.1. The van der Waals surface area contributed by atoms with E-state index in [4.69, 9.17) is 0 Å². The van der Waals surface area contributed by atoms with Gasteiger partial charge in [-0.1, -0.05) is 58.1 Å². The van der Waals surface area contributed by atoms with Crippen molar-refractivity contribution in [2.24, 2.45) is 0 Å². The Labute approximate surface area is 126 Å². The number of nitrogens with one attached hydrogen (secondary N) is 1. The Morgan fingerprint density at radius 1 is 1.11 bits per heavy atom. The molecule has 0 fully saturated rings. The number of rotatable bonds is 9. The van der Waals surface area contributed by atoms with Gasteiger partial charge in [-0.25, -0.2) is 0 Å². The Morgan fingerprint density at radius 2 is 1.89 bits per heavy atom. The molecule has 0 amide bonds. The number of hydrogen-bond acceptors (Lipinski definition) is 1. The third kappa shape index (κ3) is 6.19. The van der Waals surface area contributed by atoms with Crippen LogP contribution in [-0.2, 0) is 0 Å². The maximum absolute atomic E-state index is 3.61. The van der Waals surface area contributed by atoms with Crippen LogP contribution in [0.3, 0.4) is 0 Å². The summed E-state index contributed by atoms with van der Waals surface area (Å²) in [5.41, 5.74) is 1.44. The molecule has 0 radical (unpaired) electrons. The number of hydrogen-bond donors (Lipinski definition) is 1. The van der Waals surface area contributed by atoms with Crippen molar-refractivity contribution in [3.05, 3.63) is 33.4 Å². The van der Waals surface area contributed by atoms with Crippen molar-refractivity contribution < 1.29 is 0 Å². The molecule has 1 rings (SSSR count). The van der Waals surface area contributed by atoms with Crippen LogP contribution in [-0.4, -0.2) is 6.54 Å². The molecule has 102 valence electrons. The predicted octanol–water partition coefficient (Wildman–Crippen LogP) is 5.30. The lowest BCUT2D eigenvalue weighted by molar-refractivity contribution is 0.478. The first-order valence-corrected chi connectivity index (χ1v) is 8.34. The standard InChI is InChI=1S/C16H26IN/c1-3-5-6-7-8-12-16(18-4-2)14-10-9-11-15(17)13-14/h9-11,13,16,18H,3-8,12H2,1-2H3. The first kappa shape index (κ1) is 16.0. The number of unbranched alkanes of at least 4 members (excludes halogenated alkanes) is 4. The predicted molar refractivity (Wildman–Crippen MR) is 89.0 cm³/mol. The average molecular weight is 359 g/mol. The fourth-order valence-corrected chi connectivity index (χ4v) is 2.88. The van der Waals surface area contributed by atoms with Crippen LogP contribution in [0.5, 0.6) is 0 Å². The summed E-state index contributed by atoms with van der Waals surface area (Å²) >= 11 is 2.40. The normalized spacial score (nSPS) is 12.6. The van der Waals surface area contributed by atoms with Crippen LogP contribution < -0.4 is 5.32 Å². The fourth-order valence-electron chi connectivity index (χ4n) is 2.31. The van der Waals surface area contributed by atoms with Crippen LogP contribution in [0.2, 0.25) is 0 Å². The van der Waals surface area contributed by atoms with Crippen molar-refractivity contribution in [1.29, 1.82) is 0 Å². The van der Waals surface area contributed by atoms with Crippen molar-refractivity contribution in [2.75, 3.05) is 6.54 Å². The van der Waals surface area contributed by atoms with Crippen LogP contribution in [0.25, 0.3) is 0 Å². The van der Waals surface area contributed by atoms with Crippen molar-refractivity contribution in [2.45, 2.75) is 58.4 Å². The van der Waals surface area contributed by atoms with Gasteiger partial charge in [-0.2, -0.15) is 0 Å². The van der Waals surface area contributed by atoms with E-state index in [1.54, 1.807) is 0 Å². The molecule has 0 aromatic heterocycles. The summed E-state index contributed by atoms with van der Waals surface area (Å²) < 4.78 is 1.33. The highest BCUT2D eigenvalue weighted by Crippen LogP contribution is 2.22. The van der Waals surface area contributed by atoms with Gasteiger partial charge in [0.05, 0.1) is 0 Å². The molecule has 1 unspecified atom stereocenters. The van der Waals surface area contributed by atoms with E-state index in [-0.39, 0.29) is 0 Å². The van der Waals surface area contributed by atoms with E-state index < -0.39 is 0 Å². The zero-order valence-electron chi connectivity index (χ0n) is 11.7. The average Bonchev–Trinajstić information content (AvgIpc) is 2.37. The summed E-state index contributed by atoms with van der Waals surface area (Å²) in [4.78, 5) is 0. The van der Waals surface area contributed by atoms with Crippen LogP contribution in [0.15, 0.2) is 24.3 Å². The second-order valence-electron chi connectivity index (χ2n) is 4.87. The lowest BCUT2D eigenvalue weighted by Gasteiger charge is -2.18. The molecule has 2 heteroatoms. The minimum Gasteiger partial charge on any atom is -0.310 e. The molecule has 1 N–H and O–H groups in total. The molecule has 1 atom stereocenters. The molecule has 1 aromatic rings. The molecule has 1 aromatic carbocycles. The molecule has 0 aliphatic rings. The highest BCUT2D eigenvalue weighted by Gasteiger charge is 2.09. The van der Waals surface area contributed by atoms with Gasteiger partial charge in [0.15, 0.2) is 0 Å². The van der Waals surface area contributed by atoms with E-state index in [2.05, 4.69) is 66.0 Å². The van der Waals surface area contributed by atoms with Crippen molar-refractivity contribution in [1.82, 2.24) is 5.32 Å². The minimum absolute atomic E-state index is 0.534. The topological polar surface area (TPSA) is 12.0 Å². The summed E-state index contributed by atoms with van der Waals surface area (Å²) in [6, 6.07) is 9.42. The zero-order chi connectivity index (χ0) is 13.2. The Morgan fingerprint density at radius 3 is 2.56 bits per heavy atom. The molecule has 0 saturated carbocycles. The van der Waals surface area contributed by atoms with E-state index in [1.807, 2.05) is 0 Å². The molecule has 0 spiro atoms. The van der Waals surface area contributed by atoms with Gasteiger partial charge >= 0.3 is 0 Å². The largest absolute Gasteiger partial charge is 0.310 e. The first-order chi connectivity index (χ1) is 8.77. The van der Waals surface area contributed by atoms with Gasteiger partial charge in [0.1, 0.15) is 0 Å². The molecule has 1 nitrogen and oxygen atoms in total. The van der Waals surface area contributed by atoms with E-state index in [9.17, 15) is 0 Å². The lowest BCUT2D eigenvalue weighted by atomic mass is 10.00. The van der Waals surface area contributed by atoms with Gasteiger partial charge in [-0.05, 0) is 53.3 Å². The van der Waals surface area contributed by atoms with Gasteiger partial charge in [-0.3, -0.25) is 0 Å². The summed E-state index contributed by atoms with van der Waals surface area (Å²) in [6.07, 6.45) is 8.07. The highest BCUT2D eigenvalue weighted by atomic mass is 127. The summed E-state index contributed by atoms with van der Waals surface area (Å²) in [5, 5.41) is 3.61. The van der Waals surface area contributed by atoms with E-state index >= 15 is 0 Å². The third-order valence-corrected chi connectivity index (χ3v) is 3.97. The van der Waals surface area contributed by atoms with Gasteiger partial charge in [-0.15, -0.1) is 0 Å². The first-order valence-electron chi connectivity index (χ1n) is 7.26. The Kier molecular flexibility index (Phi) is 8.68. The number of halogens is 1. The molecular formula is C16H26IN. The van der Waals surface area contributed by atoms with Gasteiger partial charge in [0.2, 0.25) is 0 Å². The van der Waals surface area contributed by atoms with Crippen molar-refractivity contribution in [3.8, 4) is 0 Å². The fraction of sp³-hybridized carbons (Fsp3) is 0.625. The van der Waals surface area contributed by atoms with Crippen molar-refractivity contribution in [3.63, 3.8) is 0 Å². The van der Waals surface area contributed by atoms with E-state index in [0.29, 0.717) is 6.04 Å². The quantitative estimate of drug-likeness (QED) is 0.466. The SMILES string of the molecule is CCCCCCCC(NCC)c1cccc(I)c1. The zero-order valence-corrected chi connectivity index (χ0v) is 13.9. The molecule has 0 heterocycles. The maximum Gasteiger partial charge on any atom is 0.0320 e. The lowest BCUT2D eigenvalue weighted by Crippen LogP contribution is -2.20. The molecule has 0 aliphatic heterocycles. The maximum atomic E-state index is 3.61. The molecule has 0 saturated heterocycles. The molecular weight excluding hydrogens is 333 g/mol. The molecule has 0 aliphatic carbocycles. The summed E-state index contributed by atoms with van der Waals surface area (Å²) in [5.74, 6) is 0. The van der Waals surface area contributed by atoms with Crippen LogP contribution >= 0.6 is 22.6 Å². The Bertz CT molecular complexity index is 325. The summed E-state index contributed by atoms with van der Waals surface area (Å²) in [7, 11) is 0.